The molecule has 8 heavy (non-hydrogen) atoms. The third-order valence-electron chi connectivity index (χ3n) is 0.570. The van der Waals surface area contributed by atoms with E-state index in [2.05, 4.69) is 10.0 Å². The first-order valence-corrected chi connectivity index (χ1v) is 2.51. The largest absolute Gasteiger partial charge is 0.0930 e. The Morgan fingerprint density at radius 1 is 2.00 bits per heavy atom. The first kappa shape index (κ1) is 7.34. The van der Waals surface area contributed by atoms with Gasteiger partial charge in [0.25, 0.3) is 0 Å². The Labute approximate surface area is 52.6 Å². The van der Waals surface area contributed by atoms with Crippen LogP contribution >= 0.6 is 11.6 Å². The number of hydrogen-bond donors (Lipinski definition) is 0. The number of halogens is 1. The predicted octanol–water partition coefficient (Wildman–Crippen LogP) is 2.44. The molecule has 0 spiro atoms. The van der Waals surface area contributed by atoms with Crippen molar-refractivity contribution >= 4 is 11.6 Å². The molecule has 0 aromatic heterocycles. The molecule has 0 aromatic rings. The van der Waals surface area contributed by atoms with Crippen LogP contribution in [-0.2, 0) is 0 Å². The van der Waals surface area contributed by atoms with Crippen molar-refractivity contribution in [2.75, 3.05) is 6.54 Å². The maximum atomic E-state index is 7.80. The fourth-order valence-corrected chi connectivity index (χ4v) is 0.247. The van der Waals surface area contributed by atoms with Crippen molar-refractivity contribution in [2.24, 2.45) is 5.11 Å². The molecular weight excluding hydrogens is 126 g/mol. The van der Waals surface area contributed by atoms with Gasteiger partial charge in [-0.1, -0.05) is 22.3 Å². The van der Waals surface area contributed by atoms with Crippen LogP contribution in [0.15, 0.2) is 16.2 Å². The summed E-state index contributed by atoms with van der Waals surface area (Å²) >= 11 is 5.24. The lowest BCUT2D eigenvalue weighted by Gasteiger charge is -1.84. The number of azide groups is 1. The van der Waals surface area contributed by atoms with Gasteiger partial charge in [-0.25, -0.2) is 0 Å². The van der Waals surface area contributed by atoms with E-state index in [1.807, 2.05) is 0 Å². The van der Waals surface area contributed by atoms with Gasteiger partial charge in [0.05, 0.1) is 0 Å². The van der Waals surface area contributed by atoms with Crippen LogP contribution in [0.2, 0.25) is 0 Å². The fourth-order valence-electron chi connectivity index (χ4n) is 0.178. The predicted molar refractivity (Wildman–Crippen MR) is 33.6 cm³/mol. The Morgan fingerprint density at radius 3 is 3.00 bits per heavy atom. The Kier molecular flexibility index (Phi) is 4.13. The molecule has 0 radical (unpaired) electrons. The summed E-state index contributed by atoms with van der Waals surface area (Å²) in [5.41, 5.74) is 10.1. The normalized spacial score (nSPS) is 10.5. The van der Waals surface area contributed by atoms with E-state index in [4.69, 9.17) is 17.1 Å². The van der Waals surface area contributed by atoms with Crippen molar-refractivity contribution in [3.63, 3.8) is 0 Å². The minimum absolute atomic E-state index is 0.361. The van der Waals surface area contributed by atoms with Crippen molar-refractivity contribution in [3.8, 4) is 0 Å². The van der Waals surface area contributed by atoms with Crippen LogP contribution in [0, 0.1) is 0 Å². The lowest BCUT2D eigenvalue weighted by molar-refractivity contribution is 1.12. The molecule has 0 aliphatic heterocycles. The summed E-state index contributed by atoms with van der Waals surface area (Å²) in [6.07, 6.45) is 0. The molecule has 0 N–H and O–H groups in total. The molecule has 0 saturated carbocycles. The van der Waals surface area contributed by atoms with Crippen LogP contribution in [-0.4, -0.2) is 6.54 Å². The number of hydrogen-bond acceptors (Lipinski definition) is 1. The smallest absolute Gasteiger partial charge is 0.0478 e. The maximum Gasteiger partial charge on any atom is 0.0478 e. The number of nitrogens with zero attached hydrogens (tertiary/aromatic N) is 3. The first-order valence-electron chi connectivity index (χ1n) is 2.08. The van der Waals surface area contributed by atoms with E-state index < -0.39 is 0 Å². The van der Waals surface area contributed by atoms with Gasteiger partial charge in [-0.15, -0.1) is 0 Å². The van der Waals surface area contributed by atoms with E-state index in [0.717, 1.165) is 5.57 Å². The second kappa shape index (κ2) is 4.50. The van der Waals surface area contributed by atoms with E-state index in [1.165, 1.54) is 5.54 Å². The van der Waals surface area contributed by atoms with Crippen LogP contribution in [0.25, 0.3) is 10.4 Å². The standard InChI is InChI=1S/C4H6ClN3/c1-4(2-5)3-7-8-6/h2H,3H2,1H3. The van der Waals surface area contributed by atoms with Gasteiger partial charge < -0.3 is 0 Å². The third kappa shape index (κ3) is 3.53. The van der Waals surface area contributed by atoms with E-state index >= 15 is 0 Å². The molecule has 44 valence electrons. The Bertz CT molecular complexity index is 134. The lowest BCUT2D eigenvalue weighted by Crippen LogP contribution is -1.75. The summed E-state index contributed by atoms with van der Waals surface area (Å²) in [5, 5.41) is 3.27. The first-order chi connectivity index (χ1) is 3.81. The highest BCUT2D eigenvalue weighted by Crippen LogP contribution is 1.94. The molecule has 0 heterocycles. The van der Waals surface area contributed by atoms with Gasteiger partial charge in [-0.2, -0.15) is 0 Å². The Hall–Kier alpha value is -0.660. The van der Waals surface area contributed by atoms with Crippen LogP contribution in [0.1, 0.15) is 6.92 Å². The molecule has 0 aliphatic carbocycles. The molecule has 0 bridgehead atoms. The molecule has 0 aromatic carbocycles. The summed E-state index contributed by atoms with van der Waals surface area (Å²) < 4.78 is 0. The highest BCUT2D eigenvalue weighted by Gasteiger charge is 1.80. The molecular formula is C4H6ClN3. The van der Waals surface area contributed by atoms with Crippen LogP contribution in [0.3, 0.4) is 0 Å². The topological polar surface area (TPSA) is 48.8 Å². The van der Waals surface area contributed by atoms with Crippen molar-refractivity contribution < 1.29 is 0 Å². The summed E-state index contributed by atoms with van der Waals surface area (Å²) in [6.45, 7) is 2.15. The quantitative estimate of drug-likeness (QED) is 0.314. The van der Waals surface area contributed by atoms with Crippen molar-refractivity contribution in [2.45, 2.75) is 6.92 Å². The van der Waals surface area contributed by atoms with Crippen LogP contribution < -0.4 is 0 Å². The molecule has 0 aliphatic rings. The summed E-state index contributed by atoms with van der Waals surface area (Å²) in [6, 6.07) is 0. The van der Waals surface area contributed by atoms with E-state index in [1.54, 1.807) is 6.92 Å². The molecule has 0 saturated heterocycles. The van der Waals surface area contributed by atoms with Crippen molar-refractivity contribution in [1.29, 1.82) is 0 Å². The molecule has 0 fully saturated rings. The summed E-state index contributed by atoms with van der Waals surface area (Å²) in [5.74, 6) is 0. The summed E-state index contributed by atoms with van der Waals surface area (Å²) in [4.78, 5) is 2.55. The maximum absolute atomic E-state index is 7.80. The van der Waals surface area contributed by atoms with Gasteiger partial charge >= 0.3 is 0 Å². The molecule has 0 unspecified atom stereocenters. The van der Waals surface area contributed by atoms with Crippen molar-refractivity contribution in [3.05, 3.63) is 21.6 Å². The van der Waals surface area contributed by atoms with Gasteiger partial charge in [0.15, 0.2) is 0 Å². The van der Waals surface area contributed by atoms with Gasteiger partial charge in [0.2, 0.25) is 0 Å². The van der Waals surface area contributed by atoms with Gasteiger partial charge in [-0.05, 0) is 12.5 Å². The zero-order valence-electron chi connectivity index (χ0n) is 4.50. The SMILES string of the molecule is CC(=CCl)CN=[N+]=[N-]. The molecule has 0 amide bonds. The fraction of sp³-hybridized carbons (Fsp3) is 0.500. The van der Waals surface area contributed by atoms with Crippen LogP contribution in [0.4, 0.5) is 0 Å². The monoisotopic (exact) mass is 131 g/mol. The molecule has 4 heteroatoms. The second-order valence-electron chi connectivity index (χ2n) is 1.34. The molecule has 0 atom stereocenters. The molecule has 0 rings (SSSR count). The number of rotatable bonds is 2. The minimum Gasteiger partial charge on any atom is -0.0930 e. The van der Waals surface area contributed by atoms with E-state index in [9.17, 15) is 0 Å². The highest BCUT2D eigenvalue weighted by molar-refractivity contribution is 6.25. The zero-order valence-corrected chi connectivity index (χ0v) is 5.26. The van der Waals surface area contributed by atoms with Gasteiger partial charge in [0.1, 0.15) is 0 Å². The third-order valence-corrected chi connectivity index (χ3v) is 0.942. The summed E-state index contributed by atoms with van der Waals surface area (Å²) in [7, 11) is 0. The van der Waals surface area contributed by atoms with Crippen LogP contribution in [0.5, 0.6) is 0 Å². The minimum atomic E-state index is 0.361. The Balaban J connectivity index is 3.55. The average Bonchev–Trinajstić information content (AvgIpc) is 1.83. The highest BCUT2D eigenvalue weighted by atomic mass is 35.5. The Morgan fingerprint density at radius 2 is 2.62 bits per heavy atom. The molecule has 3 nitrogen and oxygen atoms in total. The van der Waals surface area contributed by atoms with E-state index in [-0.39, 0.29) is 0 Å². The zero-order chi connectivity index (χ0) is 6.41. The lowest BCUT2D eigenvalue weighted by atomic mass is 10.4. The van der Waals surface area contributed by atoms with Crippen molar-refractivity contribution in [1.82, 2.24) is 0 Å². The van der Waals surface area contributed by atoms with Gasteiger partial charge in [-0.3, -0.25) is 0 Å². The van der Waals surface area contributed by atoms with Gasteiger partial charge in [0, 0.05) is 17.0 Å². The van der Waals surface area contributed by atoms with E-state index in [0.29, 0.717) is 6.54 Å². The second-order valence-corrected chi connectivity index (χ2v) is 1.56. The average molecular weight is 132 g/mol.